The van der Waals surface area contributed by atoms with Gasteiger partial charge >= 0.3 is 5.97 Å². The summed E-state index contributed by atoms with van der Waals surface area (Å²) in [5.74, 6) is -0.698. The van der Waals surface area contributed by atoms with E-state index in [0.29, 0.717) is 27.0 Å². The molecule has 7 nitrogen and oxygen atoms in total. The minimum atomic E-state index is -1.08. The summed E-state index contributed by atoms with van der Waals surface area (Å²) in [7, 11) is 0. The van der Waals surface area contributed by atoms with Gasteiger partial charge in [0.2, 0.25) is 0 Å². The Labute approximate surface area is 138 Å². The van der Waals surface area contributed by atoms with Gasteiger partial charge in [0.05, 0.1) is 28.0 Å². The molecule has 0 radical (unpaired) electrons. The SMILES string of the molecule is O=C(O)c1c[nH]c2ncc(-n3ncc4cc(Cl)c(Cl)cc43)nc12. The van der Waals surface area contributed by atoms with E-state index in [1.165, 1.54) is 17.1 Å². The summed E-state index contributed by atoms with van der Waals surface area (Å²) in [4.78, 5) is 22.5. The lowest BCUT2D eigenvalue weighted by Crippen LogP contribution is -2.02. The molecule has 0 saturated heterocycles. The van der Waals surface area contributed by atoms with E-state index in [2.05, 4.69) is 20.1 Å². The van der Waals surface area contributed by atoms with Gasteiger partial charge < -0.3 is 10.1 Å². The number of aromatic nitrogens is 5. The maximum Gasteiger partial charge on any atom is 0.339 e. The molecular weight excluding hydrogens is 341 g/mol. The fourth-order valence-corrected chi connectivity index (χ4v) is 2.68. The van der Waals surface area contributed by atoms with Crippen molar-refractivity contribution in [2.75, 3.05) is 0 Å². The van der Waals surface area contributed by atoms with Gasteiger partial charge in [-0.15, -0.1) is 0 Å². The molecule has 3 heterocycles. The number of rotatable bonds is 2. The van der Waals surface area contributed by atoms with Crippen molar-refractivity contribution in [2.45, 2.75) is 0 Å². The molecule has 0 atom stereocenters. The van der Waals surface area contributed by atoms with Crippen LogP contribution < -0.4 is 0 Å². The molecule has 3 aromatic heterocycles. The summed E-state index contributed by atoms with van der Waals surface area (Å²) in [5, 5.41) is 15.0. The molecule has 23 heavy (non-hydrogen) atoms. The topological polar surface area (TPSA) is 96.7 Å². The third-order valence-electron chi connectivity index (χ3n) is 3.43. The minimum Gasteiger partial charge on any atom is -0.478 e. The number of aromatic amines is 1. The zero-order valence-electron chi connectivity index (χ0n) is 11.3. The second-order valence-electron chi connectivity index (χ2n) is 4.81. The molecule has 0 fully saturated rings. The monoisotopic (exact) mass is 347 g/mol. The molecule has 0 spiro atoms. The number of fused-ring (bicyclic) bond motifs is 2. The maximum absolute atomic E-state index is 11.2. The second-order valence-corrected chi connectivity index (χ2v) is 5.63. The first-order valence-corrected chi connectivity index (χ1v) is 7.21. The first-order chi connectivity index (χ1) is 11.0. The molecule has 4 aromatic rings. The predicted molar refractivity (Wildman–Crippen MR) is 85.5 cm³/mol. The number of nitrogens with one attached hydrogen (secondary N) is 1. The van der Waals surface area contributed by atoms with Gasteiger partial charge in [-0.1, -0.05) is 23.2 Å². The molecule has 1 aromatic carbocycles. The van der Waals surface area contributed by atoms with Crippen LogP contribution >= 0.6 is 23.2 Å². The van der Waals surface area contributed by atoms with Crippen molar-refractivity contribution in [3.8, 4) is 5.82 Å². The third-order valence-corrected chi connectivity index (χ3v) is 4.15. The fraction of sp³-hybridized carbons (Fsp3) is 0. The van der Waals surface area contributed by atoms with E-state index in [0.717, 1.165) is 5.39 Å². The molecule has 0 unspecified atom stereocenters. The van der Waals surface area contributed by atoms with Crippen LogP contribution in [-0.2, 0) is 0 Å². The molecule has 9 heteroatoms. The van der Waals surface area contributed by atoms with Crippen LogP contribution in [0.2, 0.25) is 10.0 Å². The minimum absolute atomic E-state index is 0.0480. The first-order valence-electron chi connectivity index (χ1n) is 6.45. The highest BCUT2D eigenvalue weighted by Crippen LogP contribution is 2.29. The average molecular weight is 348 g/mol. The quantitative estimate of drug-likeness (QED) is 0.579. The Kier molecular flexibility index (Phi) is 3.00. The zero-order valence-corrected chi connectivity index (χ0v) is 12.8. The molecule has 0 saturated carbocycles. The van der Waals surface area contributed by atoms with Gasteiger partial charge in [-0.25, -0.2) is 19.4 Å². The molecule has 2 N–H and O–H groups in total. The number of carboxylic acid groups (broad SMARTS) is 1. The number of hydrogen-bond donors (Lipinski definition) is 2. The first kappa shape index (κ1) is 14.0. The second kappa shape index (κ2) is 4.94. The number of carboxylic acids is 1. The highest BCUT2D eigenvalue weighted by atomic mass is 35.5. The Hall–Kier alpha value is -2.64. The Bertz CT molecular complexity index is 1090. The Morgan fingerprint density at radius 2 is 2.00 bits per heavy atom. The van der Waals surface area contributed by atoms with E-state index in [4.69, 9.17) is 23.2 Å². The van der Waals surface area contributed by atoms with Crippen molar-refractivity contribution in [3.05, 3.63) is 46.3 Å². The maximum atomic E-state index is 11.2. The standard InChI is InChI=1S/C14H7Cl2N5O2/c15-8-1-6-3-19-21(10(6)2-9(8)16)11-5-18-13-12(20-11)7(4-17-13)14(22)23/h1-5H,(H,17,18)(H,22,23). The lowest BCUT2D eigenvalue weighted by molar-refractivity contribution is 0.0699. The van der Waals surface area contributed by atoms with Crippen LogP contribution in [0.25, 0.3) is 27.9 Å². The smallest absolute Gasteiger partial charge is 0.339 e. The lowest BCUT2D eigenvalue weighted by Gasteiger charge is -2.03. The summed E-state index contributed by atoms with van der Waals surface area (Å²) in [5.41, 5.74) is 1.40. The molecule has 0 aliphatic rings. The largest absolute Gasteiger partial charge is 0.478 e. The van der Waals surface area contributed by atoms with Gasteiger partial charge in [-0.2, -0.15) is 5.10 Å². The van der Waals surface area contributed by atoms with Crippen molar-refractivity contribution < 1.29 is 9.90 Å². The average Bonchev–Trinajstić information content (AvgIpc) is 3.11. The van der Waals surface area contributed by atoms with Crippen LogP contribution in [0.1, 0.15) is 10.4 Å². The molecule has 0 bridgehead atoms. The Morgan fingerprint density at radius 3 is 2.78 bits per heavy atom. The molecule has 0 aliphatic heterocycles. The number of halogens is 2. The summed E-state index contributed by atoms with van der Waals surface area (Å²) < 4.78 is 1.53. The lowest BCUT2D eigenvalue weighted by atomic mass is 10.2. The summed E-state index contributed by atoms with van der Waals surface area (Å²) in [6, 6.07) is 3.38. The molecule has 114 valence electrons. The highest BCUT2D eigenvalue weighted by Gasteiger charge is 2.15. The van der Waals surface area contributed by atoms with E-state index < -0.39 is 5.97 Å². The number of H-pyrrole nitrogens is 1. The molecule has 0 amide bonds. The van der Waals surface area contributed by atoms with Crippen molar-refractivity contribution in [2.24, 2.45) is 0 Å². The van der Waals surface area contributed by atoms with E-state index in [1.54, 1.807) is 18.3 Å². The van der Waals surface area contributed by atoms with Crippen molar-refractivity contribution in [1.29, 1.82) is 0 Å². The molecule has 4 rings (SSSR count). The van der Waals surface area contributed by atoms with Crippen LogP contribution in [0.3, 0.4) is 0 Å². The van der Waals surface area contributed by atoms with Gasteiger partial charge in [-0.3, -0.25) is 0 Å². The Morgan fingerprint density at radius 1 is 1.22 bits per heavy atom. The van der Waals surface area contributed by atoms with Gasteiger partial charge in [0.15, 0.2) is 11.5 Å². The Balaban J connectivity index is 1.97. The fourth-order valence-electron chi connectivity index (χ4n) is 2.35. The summed E-state index contributed by atoms with van der Waals surface area (Å²) >= 11 is 12.1. The van der Waals surface area contributed by atoms with Crippen molar-refractivity contribution in [3.63, 3.8) is 0 Å². The summed E-state index contributed by atoms with van der Waals surface area (Å²) in [6.45, 7) is 0. The van der Waals surface area contributed by atoms with Crippen molar-refractivity contribution in [1.82, 2.24) is 24.7 Å². The van der Waals surface area contributed by atoms with Crippen LogP contribution in [0.15, 0.2) is 30.7 Å². The van der Waals surface area contributed by atoms with Gasteiger partial charge in [0, 0.05) is 11.6 Å². The zero-order chi connectivity index (χ0) is 16.1. The van der Waals surface area contributed by atoms with Crippen LogP contribution in [-0.4, -0.2) is 35.8 Å². The van der Waals surface area contributed by atoms with E-state index in [9.17, 15) is 9.90 Å². The number of benzene rings is 1. The predicted octanol–water partition coefficient (Wildman–Crippen LogP) is 3.30. The van der Waals surface area contributed by atoms with Gasteiger partial charge in [0.1, 0.15) is 11.1 Å². The highest BCUT2D eigenvalue weighted by molar-refractivity contribution is 6.42. The third kappa shape index (κ3) is 2.13. The van der Waals surface area contributed by atoms with Crippen LogP contribution in [0, 0.1) is 0 Å². The number of nitrogens with zero attached hydrogens (tertiary/aromatic N) is 4. The number of carbonyl (C=O) groups is 1. The van der Waals surface area contributed by atoms with E-state index >= 15 is 0 Å². The van der Waals surface area contributed by atoms with E-state index in [1.807, 2.05) is 0 Å². The molecule has 0 aliphatic carbocycles. The summed E-state index contributed by atoms with van der Waals surface area (Å²) in [6.07, 6.45) is 4.48. The number of hydrogen-bond acceptors (Lipinski definition) is 4. The van der Waals surface area contributed by atoms with Crippen molar-refractivity contribution >= 4 is 51.2 Å². The van der Waals surface area contributed by atoms with Crippen LogP contribution in [0.5, 0.6) is 0 Å². The molecular formula is C14H7Cl2N5O2. The van der Waals surface area contributed by atoms with Gasteiger partial charge in [0.25, 0.3) is 0 Å². The van der Waals surface area contributed by atoms with E-state index in [-0.39, 0.29) is 11.1 Å². The van der Waals surface area contributed by atoms with Crippen LogP contribution in [0.4, 0.5) is 0 Å². The number of aromatic carboxylic acids is 1. The normalized spacial score (nSPS) is 11.4. The van der Waals surface area contributed by atoms with Gasteiger partial charge in [-0.05, 0) is 12.1 Å².